The Hall–Kier alpha value is -2.96. The molecule has 1 unspecified atom stereocenters. The molecule has 3 rings (SSSR count). The van der Waals surface area contributed by atoms with Gasteiger partial charge in [0.15, 0.2) is 0 Å². The lowest BCUT2D eigenvalue weighted by Gasteiger charge is -2.15. The maximum Gasteiger partial charge on any atom is 0.255 e. The van der Waals surface area contributed by atoms with Gasteiger partial charge in [-0.2, -0.15) is 0 Å². The molecule has 6 heteroatoms. The van der Waals surface area contributed by atoms with Crippen LogP contribution in [0.5, 0.6) is 0 Å². The first-order valence-electron chi connectivity index (χ1n) is 8.90. The van der Waals surface area contributed by atoms with Crippen LogP contribution < -0.4 is 10.0 Å². The van der Waals surface area contributed by atoms with Crippen LogP contribution in [0.1, 0.15) is 34.5 Å². The van der Waals surface area contributed by atoms with E-state index in [4.69, 9.17) is 0 Å². The van der Waals surface area contributed by atoms with E-state index >= 15 is 0 Å². The highest BCUT2D eigenvalue weighted by molar-refractivity contribution is 7.89. The van der Waals surface area contributed by atoms with Crippen LogP contribution in [0.3, 0.4) is 0 Å². The third-order valence-corrected chi connectivity index (χ3v) is 5.89. The van der Waals surface area contributed by atoms with Gasteiger partial charge in [-0.3, -0.25) is 4.79 Å². The van der Waals surface area contributed by atoms with E-state index in [1.165, 1.54) is 24.3 Å². The molecule has 0 saturated heterocycles. The molecule has 1 atom stereocenters. The summed E-state index contributed by atoms with van der Waals surface area (Å²) in [5.41, 5.74) is 3.00. The van der Waals surface area contributed by atoms with Crippen molar-refractivity contribution in [2.24, 2.45) is 0 Å². The molecule has 1 amide bonds. The Labute approximate surface area is 165 Å². The second-order valence-corrected chi connectivity index (χ2v) is 8.32. The third-order valence-electron chi connectivity index (χ3n) is 4.33. The van der Waals surface area contributed by atoms with Gasteiger partial charge in [0.05, 0.1) is 4.90 Å². The zero-order chi connectivity index (χ0) is 20.1. The van der Waals surface area contributed by atoms with E-state index in [9.17, 15) is 13.2 Å². The molecule has 0 saturated carbocycles. The van der Waals surface area contributed by atoms with Gasteiger partial charge in [-0.05, 0) is 61.4 Å². The monoisotopic (exact) mass is 394 g/mol. The third kappa shape index (κ3) is 4.85. The first-order chi connectivity index (χ1) is 13.3. The maximum atomic E-state index is 12.6. The van der Waals surface area contributed by atoms with Gasteiger partial charge in [0.1, 0.15) is 0 Å². The molecule has 144 valence electrons. The largest absolute Gasteiger partial charge is 0.322 e. The fourth-order valence-corrected chi connectivity index (χ4v) is 4.05. The van der Waals surface area contributed by atoms with Crippen LogP contribution in [0.15, 0.2) is 83.8 Å². The van der Waals surface area contributed by atoms with Crippen LogP contribution in [-0.2, 0) is 10.0 Å². The molecule has 0 fully saturated rings. The molecule has 3 aromatic carbocycles. The molecule has 0 radical (unpaired) electrons. The quantitative estimate of drug-likeness (QED) is 0.655. The first-order valence-corrected chi connectivity index (χ1v) is 10.4. The molecule has 0 bridgehead atoms. The number of sulfonamides is 1. The summed E-state index contributed by atoms with van der Waals surface area (Å²) in [5, 5.41) is 2.81. The molecule has 0 aromatic heterocycles. The van der Waals surface area contributed by atoms with Gasteiger partial charge in [0.25, 0.3) is 5.91 Å². The number of carbonyl (C=O) groups excluding carboxylic acids is 1. The van der Waals surface area contributed by atoms with Crippen molar-refractivity contribution in [1.29, 1.82) is 0 Å². The minimum atomic E-state index is -3.70. The topological polar surface area (TPSA) is 75.3 Å². The van der Waals surface area contributed by atoms with Crippen molar-refractivity contribution in [1.82, 2.24) is 4.72 Å². The van der Waals surface area contributed by atoms with Gasteiger partial charge in [-0.1, -0.05) is 42.5 Å². The second-order valence-electron chi connectivity index (χ2n) is 6.60. The number of hydrogen-bond acceptors (Lipinski definition) is 3. The van der Waals surface area contributed by atoms with E-state index in [1.54, 1.807) is 13.0 Å². The maximum absolute atomic E-state index is 12.6. The van der Waals surface area contributed by atoms with E-state index in [-0.39, 0.29) is 16.8 Å². The molecular weight excluding hydrogens is 372 g/mol. The predicted octanol–water partition coefficient (Wildman–Crippen LogP) is 4.29. The SMILES string of the molecule is Cc1cccc(NC(=O)c2ccc(S(=O)(=O)NC(C)c3ccccc3)cc2)c1. The van der Waals surface area contributed by atoms with Crippen LogP contribution in [0, 0.1) is 6.92 Å². The molecule has 0 aliphatic heterocycles. The van der Waals surface area contributed by atoms with Gasteiger partial charge in [0.2, 0.25) is 10.0 Å². The summed E-state index contributed by atoms with van der Waals surface area (Å²) in [4.78, 5) is 12.5. The van der Waals surface area contributed by atoms with Crippen LogP contribution in [0.4, 0.5) is 5.69 Å². The Morgan fingerprint density at radius 3 is 2.21 bits per heavy atom. The molecule has 28 heavy (non-hydrogen) atoms. The summed E-state index contributed by atoms with van der Waals surface area (Å²) in [7, 11) is -3.70. The Balaban J connectivity index is 1.71. The molecule has 0 heterocycles. The zero-order valence-electron chi connectivity index (χ0n) is 15.7. The molecule has 0 aliphatic carbocycles. The Morgan fingerprint density at radius 1 is 0.893 bits per heavy atom. The lowest BCUT2D eigenvalue weighted by molar-refractivity contribution is 0.102. The molecule has 3 aromatic rings. The average Bonchev–Trinajstić information content (AvgIpc) is 2.68. The summed E-state index contributed by atoms with van der Waals surface area (Å²) in [6.45, 7) is 3.73. The van der Waals surface area contributed by atoms with Crippen molar-refractivity contribution in [3.8, 4) is 0 Å². The van der Waals surface area contributed by atoms with Gasteiger partial charge >= 0.3 is 0 Å². The Bertz CT molecular complexity index is 1060. The van der Waals surface area contributed by atoms with Crippen molar-refractivity contribution in [3.05, 3.63) is 95.6 Å². The average molecular weight is 394 g/mol. The van der Waals surface area contributed by atoms with Crippen LogP contribution in [0.2, 0.25) is 0 Å². The summed E-state index contributed by atoms with van der Waals surface area (Å²) in [6, 6.07) is 22.3. The fourth-order valence-electron chi connectivity index (χ4n) is 2.82. The number of hydrogen-bond donors (Lipinski definition) is 2. The number of aryl methyl sites for hydroxylation is 1. The molecule has 5 nitrogen and oxygen atoms in total. The van der Waals surface area contributed by atoms with Gasteiger partial charge < -0.3 is 5.32 Å². The van der Waals surface area contributed by atoms with Crippen molar-refractivity contribution in [3.63, 3.8) is 0 Å². The number of rotatable bonds is 6. The smallest absolute Gasteiger partial charge is 0.255 e. The van der Waals surface area contributed by atoms with Crippen molar-refractivity contribution >= 4 is 21.6 Å². The standard InChI is InChI=1S/C22H22N2O3S/c1-16-7-6-10-20(15-16)23-22(25)19-11-13-21(14-12-19)28(26,27)24-17(2)18-8-4-3-5-9-18/h3-15,17,24H,1-2H3,(H,23,25). The van der Waals surface area contributed by atoms with Gasteiger partial charge in [-0.15, -0.1) is 0 Å². The summed E-state index contributed by atoms with van der Waals surface area (Å²) < 4.78 is 27.9. The predicted molar refractivity (Wildman–Crippen MR) is 111 cm³/mol. The van der Waals surface area contributed by atoms with E-state index in [0.717, 1.165) is 11.1 Å². The highest BCUT2D eigenvalue weighted by atomic mass is 32.2. The van der Waals surface area contributed by atoms with Crippen LogP contribution in [0.25, 0.3) is 0 Å². The zero-order valence-corrected chi connectivity index (χ0v) is 16.5. The number of amides is 1. The van der Waals surface area contributed by atoms with Crippen molar-refractivity contribution in [2.45, 2.75) is 24.8 Å². The second kappa shape index (κ2) is 8.37. The molecular formula is C22H22N2O3S. The van der Waals surface area contributed by atoms with Gasteiger partial charge in [-0.25, -0.2) is 13.1 Å². The molecule has 0 spiro atoms. The van der Waals surface area contributed by atoms with E-state index in [2.05, 4.69) is 10.0 Å². The fraction of sp³-hybridized carbons (Fsp3) is 0.136. The van der Waals surface area contributed by atoms with Gasteiger partial charge in [0, 0.05) is 17.3 Å². The Kier molecular flexibility index (Phi) is 5.92. The summed E-state index contributed by atoms with van der Waals surface area (Å²) in [6.07, 6.45) is 0. The van der Waals surface area contributed by atoms with Crippen LogP contribution >= 0.6 is 0 Å². The number of anilines is 1. The molecule has 2 N–H and O–H groups in total. The minimum absolute atomic E-state index is 0.113. The van der Waals surface area contributed by atoms with Crippen molar-refractivity contribution in [2.75, 3.05) is 5.32 Å². The first kappa shape index (κ1) is 19.8. The number of nitrogens with one attached hydrogen (secondary N) is 2. The summed E-state index contributed by atoms with van der Waals surface area (Å²) >= 11 is 0. The Morgan fingerprint density at radius 2 is 1.57 bits per heavy atom. The van der Waals surface area contributed by atoms with E-state index in [1.807, 2.05) is 55.5 Å². The highest BCUT2D eigenvalue weighted by Gasteiger charge is 2.19. The van der Waals surface area contributed by atoms with E-state index < -0.39 is 10.0 Å². The lowest BCUT2D eigenvalue weighted by atomic mass is 10.1. The number of carbonyl (C=O) groups is 1. The van der Waals surface area contributed by atoms with Crippen molar-refractivity contribution < 1.29 is 13.2 Å². The normalized spacial score (nSPS) is 12.4. The highest BCUT2D eigenvalue weighted by Crippen LogP contribution is 2.18. The number of benzene rings is 3. The van der Waals surface area contributed by atoms with Crippen LogP contribution in [-0.4, -0.2) is 14.3 Å². The summed E-state index contributed by atoms with van der Waals surface area (Å²) in [5.74, 6) is -0.292. The van der Waals surface area contributed by atoms with E-state index in [0.29, 0.717) is 11.3 Å². The minimum Gasteiger partial charge on any atom is -0.322 e. The molecule has 0 aliphatic rings. The lowest BCUT2D eigenvalue weighted by Crippen LogP contribution is -2.27.